The lowest BCUT2D eigenvalue weighted by Gasteiger charge is -2.18. The fourth-order valence-corrected chi connectivity index (χ4v) is 2.19. The lowest BCUT2D eigenvalue weighted by atomic mass is 10.1. The Bertz CT molecular complexity index is 746. The van der Waals surface area contributed by atoms with Crippen molar-refractivity contribution in [1.29, 1.82) is 0 Å². The Hall–Kier alpha value is -2.96. The summed E-state index contributed by atoms with van der Waals surface area (Å²) < 4.78 is 0. The molecule has 120 valence electrons. The second kappa shape index (κ2) is 6.87. The molecular weight excluding hydrogens is 296 g/mol. The molecular formula is C16H18N4O3. The van der Waals surface area contributed by atoms with E-state index in [2.05, 4.69) is 10.3 Å². The van der Waals surface area contributed by atoms with Crippen LogP contribution in [0.25, 0.3) is 0 Å². The van der Waals surface area contributed by atoms with E-state index in [1.54, 1.807) is 7.05 Å². The molecule has 1 aromatic heterocycles. The number of aromatic nitrogens is 1. The molecule has 1 amide bonds. The van der Waals surface area contributed by atoms with Crippen molar-refractivity contribution in [2.75, 3.05) is 23.8 Å². The average Bonchev–Trinajstić information content (AvgIpc) is 2.51. The molecule has 1 aromatic carbocycles. The molecule has 0 atom stereocenters. The number of rotatable bonds is 5. The number of aryl methyl sites for hydroxylation is 1. The number of nitrogens with one attached hydrogen (secondary N) is 1. The largest absolute Gasteiger partial charge is 0.345 e. The van der Waals surface area contributed by atoms with E-state index in [0.717, 1.165) is 16.8 Å². The van der Waals surface area contributed by atoms with Gasteiger partial charge in [-0.15, -0.1) is 0 Å². The number of nitrogens with zero attached hydrogens (tertiary/aromatic N) is 3. The number of likely N-dealkylation sites (N-methyl/N-ethyl adjacent to an activating group) is 1. The van der Waals surface area contributed by atoms with Crippen LogP contribution in [0.15, 0.2) is 36.5 Å². The number of carbonyl (C=O) groups excluding carboxylic acids is 1. The Kier molecular flexibility index (Phi) is 4.90. The minimum absolute atomic E-state index is 0.0365. The maximum Gasteiger partial charge on any atom is 0.311 e. The van der Waals surface area contributed by atoms with Crippen molar-refractivity contribution in [1.82, 2.24) is 4.98 Å². The molecule has 0 aliphatic carbocycles. The maximum absolute atomic E-state index is 12.2. The van der Waals surface area contributed by atoms with E-state index in [1.165, 1.54) is 23.2 Å². The highest BCUT2D eigenvalue weighted by molar-refractivity contribution is 5.94. The Morgan fingerprint density at radius 3 is 2.74 bits per heavy atom. The van der Waals surface area contributed by atoms with E-state index >= 15 is 0 Å². The van der Waals surface area contributed by atoms with Gasteiger partial charge < -0.3 is 10.2 Å². The van der Waals surface area contributed by atoms with Gasteiger partial charge in [0.15, 0.2) is 0 Å². The lowest BCUT2D eigenvalue weighted by Crippen LogP contribution is -2.31. The van der Waals surface area contributed by atoms with Gasteiger partial charge in [0.2, 0.25) is 11.7 Å². The van der Waals surface area contributed by atoms with Crippen molar-refractivity contribution in [2.24, 2.45) is 0 Å². The van der Waals surface area contributed by atoms with Crippen LogP contribution in [0.3, 0.4) is 0 Å². The zero-order chi connectivity index (χ0) is 17.0. The molecule has 7 heteroatoms. The van der Waals surface area contributed by atoms with Crippen molar-refractivity contribution in [3.63, 3.8) is 0 Å². The van der Waals surface area contributed by atoms with Crippen molar-refractivity contribution in [3.8, 4) is 0 Å². The summed E-state index contributed by atoms with van der Waals surface area (Å²) in [7, 11) is 1.60. The number of hydrogen-bond acceptors (Lipinski definition) is 5. The topological polar surface area (TPSA) is 88.4 Å². The van der Waals surface area contributed by atoms with Crippen LogP contribution in [0.2, 0.25) is 0 Å². The summed E-state index contributed by atoms with van der Waals surface area (Å²) in [5.41, 5.74) is 2.68. The van der Waals surface area contributed by atoms with E-state index < -0.39 is 4.92 Å². The molecule has 23 heavy (non-hydrogen) atoms. The van der Waals surface area contributed by atoms with E-state index in [4.69, 9.17) is 0 Å². The first kappa shape index (κ1) is 16.4. The van der Waals surface area contributed by atoms with Gasteiger partial charge in [0.25, 0.3) is 0 Å². The fourth-order valence-electron chi connectivity index (χ4n) is 2.19. The van der Waals surface area contributed by atoms with E-state index in [-0.39, 0.29) is 24.0 Å². The van der Waals surface area contributed by atoms with Crippen molar-refractivity contribution in [2.45, 2.75) is 13.8 Å². The zero-order valence-electron chi connectivity index (χ0n) is 13.2. The summed E-state index contributed by atoms with van der Waals surface area (Å²) in [5, 5.41) is 13.8. The minimum Gasteiger partial charge on any atom is -0.345 e. The highest BCUT2D eigenvalue weighted by Gasteiger charge is 2.19. The molecule has 0 saturated carbocycles. The van der Waals surface area contributed by atoms with Crippen LogP contribution in [0, 0.1) is 24.0 Å². The first-order valence-electron chi connectivity index (χ1n) is 7.06. The normalized spacial score (nSPS) is 10.2. The summed E-state index contributed by atoms with van der Waals surface area (Å²) in [6.07, 6.45) is 1.46. The number of benzene rings is 1. The van der Waals surface area contributed by atoms with Gasteiger partial charge in [-0.05, 0) is 37.1 Å². The van der Waals surface area contributed by atoms with Gasteiger partial charge in [-0.25, -0.2) is 4.98 Å². The van der Waals surface area contributed by atoms with Gasteiger partial charge in [-0.1, -0.05) is 12.1 Å². The predicted octanol–water partition coefficient (Wildman–Crippen LogP) is 2.68. The van der Waals surface area contributed by atoms with Crippen LogP contribution in [-0.2, 0) is 4.79 Å². The van der Waals surface area contributed by atoms with Crippen molar-refractivity contribution in [3.05, 3.63) is 57.8 Å². The van der Waals surface area contributed by atoms with E-state index in [0.29, 0.717) is 0 Å². The van der Waals surface area contributed by atoms with E-state index in [9.17, 15) is 14.9 Å². The van der Waals surface area contributed by atoms with Crippen LogP contribution >= 0.6 is 0 Å². The van der Waals surface area contributed by atoms with Gasteiger partial charge in [0.1, 0.15) is 0 Å². The highest BCUT2D eigenvalue weighted by Crippen LogP contribution is 2.24. The Morgan fingerprint density at radius 1 is 1.30 bits per heavy atom. The monoisotopic (exact) mass is 314 g/mol. The van der Waals surface area contributed by atoms with Crippen LogP contribution in [-0.4, -0.2) is 29.4 Å². The first-order valence-corrected chi connectivity index (χ1v) is 7.06. The molecule has 1 N–H and O–H groups in total. The third kappa shape index (κ3) is 3.82. The van der Waals surface area contributed by atoms with Crippen LogP contribution in [0.1, 0.15) is 11.1 Å². The van der Waals surface area contributed by atoms with Gasteiger partial charge >= 0.3 is 5.69 Å². The first-order chi connectivity index (χ1) is 10.9. The molecule has 0 aliphatic rings. The zero-order valence-corrected chi connectivity index (χ0v) is 13.2. The van der Waals surface area contributed by atoms with Crippen LogP contribution in [0.5, 0.6) is 0 Å². The second-order valence-electron chi connectivity index (χ2n) is 5.25. The molecule has 0 aliphatic heterocycles. The van der Waals surface area contributed by atoms with Crippen molar-refractivity contribution < 1.29 is 9.72 Å². The Labute approximate surface area is 134 Å². The van der Waals surface area contributed by atoms with Crippen LogP contribution < -0.4 is 10.2 Å². The van der Waals surface area contributed by atoms with Gasteiger partial charge in [-0.2, -0.15) is 0 Å². The molecule has 2 rings (SSSR count). The SMILES string of the molecule is Cc1cccc(NC(=O)CN(C)c2ncccc2[N+](=O)[O-])c1C. The third-order valence-corrected chi connectivity index (χ3v) is 3.58. The number of amides is 1. The summed E-state index contributed by atoms with van der Waals surface area (Å²) in [6.45, 7) is 3.86. The molecule has 0 fully saturated rings. The van der Waals surface area contributed by atoms with Crippen LogP contribution in [0.4, 0.5) is 17.2 Å². The van der Waals surface area contributed by atoms with Gasteiger partial charge in [0, 0.05) is 25.0 Å². The average molecular weight is 314 g/mol. The van der Waals surface area contributed by atoms with Gasteiger partial charge in [-0.3, -0.25) is 14.9 Å². The standard InChI is InChI=1S/C16H18N4O3/c1-11-6-4-7-13(12(11)2)18-15(21)10-19(3)16-14(20(22)23)8-5-9-17-16/h4-9H,10H2,1-3H3,(H,18,21). The number of hydrogen-bond donors (Lipinski definition) is 1. The van der Waals surface area contributed by atoms with Crippen molar-refractivity contribution >= 4 is 23.1 Å². The molecule has 7 nitrogen and oxygen atoms in total. The summed E-state index contributed by atoms with van der Waals surface area (Å²) >= 11 is 0. The Balaban J connectivity index is 2.11. The molecule has 0 bridgehead atoms. The number of pyridine rings is 1. The second-order valence-corrected chi connectivity index (χ2v) is 5.25. The summed E-state index contributed by atoms with van der Waals surface area (Å²) in [4.78, 5) is 28.2. The molecule has 1 heterocycles. The minimum atomic E-state index is -0.512. The number of carbonyl (C=O) groups is 1. The lowest BCUT2D eigenvalue weighted by molar-refractivity contribution is -0.384. The molecule has 0 radical (unpaired) electrons. The van der Waals surface area contributed by atoms with Gasteiger partial charge in [0.05, 0.1) is 11.5 Å². The third-order valence-electron chi connectivity index (χ3n) is 3.58. The maximum atomic E-state index is 12.2. The Morgan fingerprint density at radius 2 is 2.04 bits per heavy atom. The fraction of sp³-hybridized carbons (Fsp3) is 0.250. The smallest absolute Gasteiger partial charge is 0.311 e. The molecule has 0 saturated heterocycles. The molecule has 0 unspecified atom stereocenters. The van der Waals surface area contributed by atoms with E-state index in [1.807, 2.05) is 32.0 Å². The summed E-state index contributed by atoms with van der Waals surface area (Å²) in [5.74, 6) is -0.102. The number of anilines is 2. The molecule has 0 spiro atoms. The number of nitro groups is 1. The highest BCUT2D eigenvalue weighted by atomic mass is 16.6. The molecule has 2 aromatic rings. The quantitative estimate of drug-likeness (QED) is 0.677. The summed E-state index contributed by atoms with van der Waals surface area (Å²) in [6, 6.07) is 8.51. The predicted molar refractivity (Wildman–Crippen MR) is 88.7 cm³/mol.